The number of aromatic nitrogens is 1. The molecule has 0 aliphatic carbocycles. The molecule has 1 aromatic carbocycles. The largest absolute Gasteiger partial charge is 0.313 e. The molecule has 31 heavy (non-hydrogen) atoms. The van der Waals surface area contributed by atoms with Crippen molar-refractivity contribution in [2.45, 2.75) is 36.9 Å². The number of nitrogens with zero attached hydrogens (tertiary/aromatic N) is 3. The monoisotopic (exact) mass is 475 g/mol. The van der Waals surface area contributed by atoms with E-state index in [1.807, 2.05) is 4.57 Å². The first-order valence-corrected chi connectivity index (χ1v) is 13.4. The first kappa shape index (κ1) is 22.1. The summed E-state index contributed by atoms with van der Waals surface area (Å²) in [6.07, 6.45) is 4.03. The maximum atomic E-state index is 13.1. The van der Waals surface area contributed by atoms with E-state index < -0.39 is 15.9 Å². The zero-order valence-corrected chi connectivity index (χ0v) is 19.8. The molecule has 3 aromatic rings. The Hall–Kier alpha value is -2.07. The topological polar surface area (TPSA) is 71.7 Å². The number of rotatable bonds is 6. The lowest BCUT2D eigenvalue weighted by atomic mass is 9.99. The van der Waals surface area contributed by atoms with E-state index in [1.165, 1.54) is 32.5 Å². The summed E-state index contributed by atoms with van der Waals surface area (Å²) in [6, 6.07) is 9.63. The van der Waals surface area contributed by atoms with Crippen LogP contribution in [-0.2, 0) is 27.8 Å². The van der Waals surface area contributed by atoms with Crippen LogP contribution in [0.4, 0.5) is 0 Å². The first-order valence-electron chi connectivity index (χ1n) is 10.3. The molecular weight excluding hydrogens is 450 g/mol. The second-order valence-corrected chi connectivity index (χ2v) is 11.6. The van der Waals surface area contributed by atoms with Crippen LogP contribution in [0.15, 0.2) is 57.6 Å². The Morgan fingerprint density at radius 2 is 2.19 bits per heavy atom. The fourth-order valence-corrected chi connectivity index (χ4v) is 7.59. The van der Waals surface area contributed by atoms with E-state index in [1.54, 1.807) is 23.6 Å². The van der Waals surface area contributed by atoms with Crippen LogP contribution in [-0.4, -0.2) is 36.3 Å². The third kappa shape index (κ3) is 4.45. The summed E-state index contributed by atoms with van der Waals surface area (Å²) in [6.45, 7) is 7.11. The lowest BCUT2D eigenvalue weighted by molar-refractivity contribution is -0.122. The van der Waals surface area contributed by atoms with Crippen LogP contribution < -0.4 is 4.80 Å². The molecule has 0 bridgehead atoms. The lowest BCUT2D eigenvalue weighted by Crippen LogP contribution is -2.42. The van der Waals surface area contributed by atoms with E-state index >= 15 is 0 Å². The van der Waals surface area contributed by atoms with Gasteiger partial charge in [0.05, 0.1) is 16.1 Å². The van der Waals surface area contributed by atoms with Gasteiger partial charge in [-0.3, -0.25) is 4.79 Å². The molecule has 1 aliphatic rings. The molecule has 1 atom stereocenters. The molecule has 0 saturated carbocycles. The Bertz CT molecular complexity index is 1270. The molecule has 1 saturated heterocycles. The molecule has 164 valence electrons. The summed E-state index contributed by atoms with van der Waals surface area (Å²) in [5.74, 6) is -0.691. The van der Waals surface area contributed by atoms with Crippen molar-refractivity contribution in [3.63, 3.8) is 0 Å². The van der Waals surface area contributed by atoms with E-state index in [2.05, 4.69) is 36.7 Å². The molecule has 1 aliphatic heterocycles. The molecule has 9 heteroatoms. The molecule has 0 spiro atoms. The fraction of sp³-hybridized carbons (Fsp3) is 0.364. The molecule has 2 aromatic heterocycles. The van der Waals surface area contributed by atoms with Crippen molar-refractivity contribution in [2.24, 2.45) is 10.9 Å². The Balaban J connectivity index is 1.64. The maximum Gasteiger partial charge on any atom is 0.252 e. The molecule has 1 amide bonds. The molecule has 1 unspecified atom stereocenters. The zero-order chi connectivity index (χ0) is 22.0. The standard InChI is InChI=1S/C22H25N3O3S3/c1-3-11-25-18-10-9-16(4-2)14-19(18)30-22(25)23-21(26)17-7-5-12-24(15-17)31(27,28)20-8-6-13-29-20/h3,6,8-10,13-14,17H,1,4-5,7,11-12,15H2,2H3. The number of amides is 1. The van der Waals surface area contributed by atoms with Crippen molar-refractivity contribution in [1.82, 2.24) is 8.87 Å². The minimum absolute atomic E-state index is 0.175. The zero-order valence-electron chi connectivity index (χ0n) is 17.4. The highest BCUT2D eigenvalue weighted by Gasteiger charge is 2.33. The van der Waals surface area contributed by atoms with Crippen LogP contribution in [0.3, 0.4) is 0 Å². The van der Waals surface area contributed by atoms with Crippen LogP contribution in [0, 0.1) is 5.92 Å². The Kier molecular flexibility index (Phi) is 6.57. The second kappa shape index (κ2) is 9.20. The molecule has 4 rings (SSSR count). The number of allylic oxidation sites excluding steroid dienone is 1. The van der Waals surface area contributed by atoms with Crippen LogP contribution in [0.25, 0.3) is 10.2 Å². The van der Waals surface area contributed by atoms with Crippen LogP contribution in [0.2, 0.25) is 0 Å². The number of piperidine rings is 1. The minimum Gasteiger partial charge on any atom is -0.313 e. The van der Waals surface area contributed by atoms with Crippen molar-refractivity contribution < 1.29 is 13.2 Å². The molecule has 6 nitrogen and oxygen atoms in total. The number of carbonyl (C=O) groups excluding carboxylic acids is 1. The minimum atomic E-state index is -3.56. The normalized spacial score (nSPS) is 18.5. The van der Waals surface area contributed by atoms with Gasteiger partial charge in [-0.2, -0.15) is 9.30 Å². The van der Waals surface area contributed by atoms with Gasteiger partial charge >= 0.3 is 0 Å². The van der Waals surface area contributed by atoms with Crippen molar-refractivity contribution in [2.75, 3.05) is 13.1 Å². The SMILES string of the molecule is C=CCn1c(=NC(=O)C2CCCN(S(=O)(=O)c3cccs3)C2)sc2cc(CC)ccc21. The van der Waals surface area contributed by atoms with Crippen molar-refractivity contribution in [1.29, 1.82) is 0 Å². The second-order valence-electron chi connectivity index (χ2n) is 7.52. The number of aryl methyl sites for hydroxylation is 1. The number of thiophene rings is 1. The average Bonchev–Trinajstić information content (AvgIpc) is 3.43. The number of carbonyl (C=O) groups is 1. The highest BCUT2D eigenvalue weighted by molar-refractivity contribution is 7.91. The van der Waals surface area contributed by atoms with Gasteiger partial charge in [0.2, 0.25) is 0 Å². The maximum absolute atomic E-state index is 13.1. The molecule has 3 heterocycles. The van der Waals surface area contributed by atoms with E-state index in [-0.39, 0.29) is 12.5 Å². The van der Waals surface area contributed by atoms with Crippen LogP contribution in [0.1, 0.15) is 25.3 Å². The van der Waals surface area contributed by atoms with Crippen molar-refractivity contribution in [3.8, 4) is 0 Å². The van der Waals surface area contributed by atoms with Gasteiger partial charge in [0, 0.05) is 19.6 Å². The van der Waals surface area contributed by atoms with Crippen molar-refractivity contribution in [3.05, 3.63) is 58.7 Å². The number of thiazole rings is 1. The molecule has 1 fully saturated rings. The summed E-state index contributed by atoms with van der Waals surface area (Å²) < 4.78 is 30.6. The highest BCUT2D eigenvalue weighted by atomic mass is 32.2. The summed E-state index contributed by atoms with van der Waals surface area (Å²) >= 11 is 2.69. The third-order valence-corrected chi connectivity index (χ3v) is 9.77. The van der Waals surface area contributed by atoms with E-state index in [9.17, 15) is 13.2 Å². The average molecular weight is 476 g/mol. The predicted molar refractivity (Wildman–Crippen MR) is 126 cm³/mol. The highest BCUT2D eigenvalue weighted by Crippen LogP contribution is 2.27. The Labute approximate surface area is 190 Å². The van der Waals surface area contributed by atoms with E-state index in [4.69, 9.17) is 0 Å². The summed E-state index contributed by atoms with van der Waals surface area (Å²) in [7, 11) is -3.56. The van der Waals surface area contributed by atoms with E-state index in [0.29, 0.717) is 34.9 Å². The quantitative estimate of drug-likeness (QED) is 0.505. The van der Waals surface area contributed by atoms with E-state index in [0.717, 1.165) is 16.6 Å². The van der Waals surface area contributed by atoms with Gasteiger partial charge in [0.15, 0.2) is 4.80 Å². The van der Waals surface area contributed by atoms with Crippen LogP contribution >= 0.6 is 22.7 Å². The van der Waals surface area contributed by atoms with Gasteiger partial charge in [-0.25, -0.2) is 8.42 Å². The smallest absolute Gasteiger partial charge is 0.252 e. The third-order valence-electron chi connectivity index (χ3n) is 5.50. The van der Waals surface area contributed by atoms with Gasteiger partial charge in [-0.1, -0.05) is 36.5 Å². The van der Waals surface area contributed by atoms with Crippen LogP contribution in [0.5, 0.6) is 0 Å². The molecular formula is C22H25N3O3S3. The van der Waals surface area contributed by atoms with Crippen molar-refractivity contribution >= 4 is 48.8 Å². The van der Waals surface area contributed by atoms with Gasteiger partial charge in [-0.15, -0.1) is 17.9 Å². The van der Waals surface area contributed by atoms with Gasteiger partial charge in [0.25, 0.3) is 15.9 Å². The van der Waals surface area contributed by atoms with Gasteiger partial charge in [-0.05, 0) is 48.4 Å². The number of hydrogen-bond donors (Lipinski definition) is 0. The summed E-state index contributed by atoms with van der Waals surface area (Å²) in [5, 5.41) is 1.75. The first-order chi connectivity index (χ1) is 14.9. The molecule has 0 N–H and O–H groups in total. The predicted octanol–water partition coefficient (Wildman–Crippen LogP) is 4.04. The number of hydrogen-bond acceptors (Lipinski definition) is 5. The lowest BCUT2D eigenvalue weighted by Gasteiger charge is -2.29. The fourth-order valence-electron chi connectivity index (χ4n) is 3.81. The van der Waals surface area contributed by atoms with Gasteiger partial charge in [0.1, 0.15) is 4.21 Å². The summed E-state index contributed by atoms with van der Waals surface area (Å²) in [4.78, 5) is 18.1. The number of benzene rings is 1. The Morgan fingerprint density at radius 1 is 1.35 bits per heavy atom. The summed E-state index contributed by atoms with van der Waals surface area (Å²) in [5.41, 5.74) is 2.26. The Morgan fingerprint density at radius 3 is 2.90 bits per heavy atom. The number of fused-ring (bicyclic) bond motifs is 1. The molecule has 0 radical (unpaired) electrons. The van der Waals surface area contributed by atoms with Gasteiger partial charge < -0.3 is 4.57 Å². The number of sulfonamides is 1.